The van der Waals surface area contributed by atoms with E-state index in [0.29, 0.717) is 5.69 Å². The van der Waals surface area contributed by atoms with E-state index < -0.39 is 11.9 Å². The summed E-state index contributed by atoms with van der Waals surface area (Å²) in [7, 11) is 0. The third-order valence-corrected chi connectivity index (χ3v) is 3.40. The molecule has 3 aromatic rings. The van der Waals surface area contributed by atoms with Gasteiger partial charge >= 0.3 is 6.18 Å². The van der Waals surface area contributed by atoms with Crippen LogP contribution in [0.5, 0.6) is 0 Å². The van der Waals surface area contributed by atoms with Gasteiger partial charge in [-0.3, -0.25) is 0 Å². The Kier molecular flexibility index (Phi) is 3.16. The average molecular weight is 287 g/mol. The Bertz CT molecular complexity index is 847. The highest BCUT2D eigenvalue weighted by Gasteiger charge is 2.31. The standard InChI is InChI=1S/C17H12F3N/c1-11(17(18,19)20)21-16-7-6-14-8-12-4-2-3-5-13(12)9-15(14)10-16/h2-10H,1H3. The SMILES string of the molecule is CC(=Nc1ccc2cc3ccccc3cc2c1)C(F)(F)F. The van der Waals surface area contributed by atoms with Crippen molar-refractivity contribution in [2.45, 2.75) is 13.1 Å². The Morgan fingerprint density at radius 2 is 1.38 bits per heavy atom. The van der Waals surface area contributed by atoms with E-state index in [0.717, 1.165) is 28.5 Å². The van der Waals surface area contributed by atoms with Crippen LogP contribution in [0.3, 0.4) is 0 Å². The summed E-state index contributed by atoms with van der Waals surface area (Å²) < 4.78 is 37.6. The van der Waals surface area contributed by atoms with Gasteiger partial charge < -0.3 is 0 Å². The van der Waals surface area contributed by atoms with Gasteiger partial charge in [0, 0.05) is 0 Å². The second kappa shape index (κ2) is 4.88. The Labute approximate surface area is 119 Å². The molecule has 0 heterocycles. The summed E-state index contributed by atoms with van der Waals surface area (Å²) in [6.07, 6.45) is -4.39. The van der Waals surface area contributed by atoms with Gasteiger partial charge in [0.2, 0.25) is 0 Å². The third kappa shape index (κ3) is 2.75. The smallest absolute Gasteiger partial charge is 0.249 e. The fraction of sp³-hybridized carbons (Fsp3) is 0.118. The summed E-state index contributed by atoms with van der Waals surface area (Å²) in [5.74, 6) is 0. The first-order valence-corrected chi connectivity index (χ1v) is 6.48. The van der Waals surface area contributed by atoms with Crippen molar-refractivity contribution >= 4 is 32.9 Å². The molecular formula is C17H12F3N. The second-order valence-corrected chi connectivity index (χ2v) is 4.93. The minimum Gasteiger partial charge on any atom is -0.249 e. The number of benzene rings is 3. The van der Waals surface area contributed by atoms with Crippen LogP contribution in [-0.2, 0) is 0 Å². The molecule has 0 saturated carbocycles. The summed E-state index contributed by atoms with van der Waals surface area (Å²) in [6, 6.07) is 16.9. The summed E-state index contributed by atoms with van der Waals surface area (Å²) in [6.45, 7) is 0.977. The van der Waals surface area contributed by atoms with Crippen molar-refractivity contribution in [2.24, 2.45) is 4.99 Å². The molecule has 0 amide bonds. The number of hydrogen-bond donors (Lipinski definition) is 0. The predicted octanol–water partition coefficient (Wildman–Crippen LogP) is 5.65. The van der Waals surface area contributed by atoms with Crippen LogP contribution in [-0.4, -0.2) is 11.9 Å². The maximum Gasteiger partial charge on any atom is 0.429 e. The van der Waals surface area contributed by atoms with Crippen LogP contribution in [0.1, 0.15) is 6.92 Å². The Hall–Kier alpha value is -2.36. The first-order valence-electron chi connectivity index (χ1n) is 6.48. The van der Waals surface area contributed by atoms with Crippen LogP contribution >= 0.6 is 0 Å². The summed E-state index contributed by atoms with van der Waals surface area (Å²) in [5.41, 5.74) is -0.532. The lowest BCUT2D eigenvalue weighted by Crippen LogP contribution is -2.18. The van der Waals surface area contributed by atoms with Gasteiger partial charge in [-0.15, -0.1) is 0 Å². The van der Waals surface area contributed by atoms with Gasteiger partial charge in [-0.1, -0.05) is 30.3 Å². The molecule has 106 valence electrons. The van der Waals surface area contributed by atoms with Gasteiger partial charge in [0.15, 0.2) is 0 Å². The molecule has 0 fully saturated rings. The number of fused-ring (bicyclic) bond motifs is 2. The minimum absolute atomic E-state index is 0.313. The molecule has 0 aromatic heterocycles. The Balaban J connectivity index is 2.14. The molecule has 0 aliphatic carbocycles. The zero-order valence-electron chi connectivity index (χ0n) is 11.3. The lowest BCUT2D eigenvalue weighted by molar-refractivity contribution is -0.0591. The van der Waals surface area contributed by atoms with E-state index in [1.54, 1.807) is 18.2 Å². The Morgan fingerprint density at radius 3 is 2.00 bits per heavy atom. The number of halogens is 3. The van der Waals surface area contributed by atoms with Gasteiger partial charge in [0.05, 0.1) is 5.69 Å². The molecule has 0 N–H and O–H groups in total. The molecule has 1 nitrogen and oxygen atoms in total. The molecule has 4 heteroatoms. The molecule has 0 bridgehead atoms. The first-order chi connectivity index (χ1) is 9.93. The van der Waals surface area contributed by atoms with E-state index in [4.69, 9.17) is 0 Å². The topological polar surface area (TPSA) is 12.4 Å². The zero-order chi connectivity index (χ0) is 15.0. The highest BCUT2D eigenvalue weighted by atomic mass is 19.4. The van der Waals surface area contributed by atoms with Crippen molar-refractivity contribution in [2.75, 3.05) is 0 Å². The van der Waals surface area contributed by atoms with Crippen molar-refractivity contribution in [1.29, 1.82) is 0 Å². The summed E-state index contributed by atoms with van der Waals surface area (Å²) in [5, 5.41) is 4.02. The summed E-state index contributed by atoms with van der Waals surface area (Å²) in [4.78, 5) is 3.65. The van der Waals surface area contributed by atoms with E-state index in [9.17, 15) is 13.2 Å². The van der Waals surface area contributed by atoms with Gasteiger partial charge in [-0.25, -0.2) is 4.99 Å². The van der Waals surface area contributed by atoms with Crippen LogP contribution in [0, 0.1) is 0 Å². The van der Waals surface area contributed by atoms with E-state index in [-0.39, 0.29) is 0 Å². The van der Waals surface area contributed by atoms with Gasteiger partial charge in [-0.05, 0) is 52.7 Å². The fourth-order valence-electron chi connectivity index (χ4n) is 2.25. The average Bonchev–Trinajstić information content (AvgIpc) is 2.44. The maximum atomic E-state index is 12.5. The fourth-order valence-corrected chi connectivity index (χ4v) is 2.25. The molecule has 0 unspecified atom stereocenters. The van der Waals surface area contributed by atoms with Crippen LogP contribution in [0.15, 0.2) is 59.6 Å². The van der Waals surface area contributed by atoms with Crippen LogP contribution in [0.4, 0.5) is 18.9 Å². The predicted molar refractivity (Wildman–Crippen MR) is 80.3 cm³/mol. The number of aliphatic imine (C=N–C) groups is 1. The van der Waals surface area contributed by atoms with E-state index in [2.05, 4.69) is 4.99 Å². The van der Waals surface area contributed by atoms with Gasteiger partial charge in [-0.2, -0.15) is 13.2 Å². The van der Waals surface area contributed by atoms with Crippen molar-refractivity contribution < 1.29 is 13.2 Å². The van der Waals surface area contributed by atoms with E-state index in [1.807, 2.05) is 36.4 Å². The zero-order valence-corrected chi connectivity index (χ0v) is 11.3. The highest BCUT2D eigenvalue weighted by Crippen LogP contribution is 2.28. The minimum atomic E-state index is -4.39. The van der Waals surface area contributed by atoms with Crippen LogP contribution < -0.4 is 0 Å². The van der Waals surface area contributed by atoms with Crippen LogP contribution in [0.2, 0.25) is 0 Å². The van der Waals surface area contributed by atoms with Gasteiger partial charge in [0.1, 0.15) is 5.71 Å². The third-order valence-electron chi connectivity index (χ3n) is 3.40. The molecule has 0 radical (unpaired) electrons. The molecule has 0 saturated heterocycles. The van der Waals surface area contributed by atoms with E-state index in [1.165, 1.54) is 0 Å². The molecule has 0 spiro atoms. The lowest BCUT2D eigenvalue weighted by Gasteiger charge is -2.06. The number of alkyl halides is 3. The molecule has 0 aliphatic heterocycles. The number of rotatable bonds is 1. The number of nitrogens with zero attached hydrogens (tertiary/aromatic N) is 1. The molecule has 3 rings (SSSR count). The summed E-state index contributed by atoms with van der Waals surface area (Å²) >= 11 is 0. The van der Waals surface area contributed by atoms with E-state index >= 15 is 0 Å². The first kappa shape index (κ1) is 13.6. The molecular weight excluding hydrogens is 275 g/mol. The second-order valence-electron chi connectivity index (χ2n) is 4.93. The van der Waals surface area contributed by atoms with Crippen LogP contribution in [0.25, 0.3) is 21.5 Å². The highest BCUT2D eigenvalue weighted by molar-refractivity contribution is 5.99. The lowest BCUT2D eigenvalue weighted by atomic mass is 10.0. The normalized spacial score (nSPS) is 13.0. The maximum absolute atomic E-state index is 12.5. The monoisotopic (exact) mass is 287 g/mol. The molecule has 3 aromatic carbocycles. The van der Waals surface area contributed by atoms with Gasteiger partial charge in [0.25, 0.3) is 0 Å². The van der Waals surface area contributed by atoms with Crippen molar-refractivity contribution in [3.63, 3.8) is 0 Å². The van der Waals surface area contributed by atoms with Crippen molar-refractivity contribution in [3.8, 4) is 0 Å². The molecule has 0 aliphatic rings. The number of hydrogen-bond acceptors (Lipinski definition) is 1. The quantitative estimate of drug-likeness (QED) is 0.405. The Morgan fingerprint density at radius 1 is 0.810 bits per heavy atom. The molecule has 21 heavy (non-hydrogen) atoms. The largest absolute Gasteiger partial charge is 0.429 e. The molecule has 0 atom stereocenters. The van der Waals surface area contributed by atoms with Crippen molar-refractivity contribution in [3.05, 3.63) is 54.6 Å². The van der Waals surface area contributed by atoms with Crippen molar-refractivity contribution in [1.82, 2.24) is 0 Å².